The molecule has 1 aliphatic heterocycles. The van der Waals surface area contributed by atoms with E-state index in [2.05, 4.69) is 26.0 Å². The van der Waals surface area contributed by atoms with Crippen molar-refractivity contribution in [1.29, 1.82) is 0 Å². The standard InChI is InChI=1S/C18H16FNO/c1-18(2)13-9-5-3-7-11(13)15-16(18)20-17(21-15)12-8-4-6-10-14(12)19/h3-10,15-16H,1-2H3/t15-,16-/m1/s1. The van der Waals surface area contributed by atoms with Crippen LogP contribution in [-0.2, 0) is 10.2 Å². The van der Waals surface area contributed by atoms with E-state index in [1.807, 2.05) is 12.1 Å². The number of aliphatic imine (C=N–C) groups is 1. The van der Waals surface area contributed by atoms with Gasteiger partial charge in [0.15, 0.2) is 0 Å². The number of hydrogen-bond acceptors (Lipinski definition) is 2. The SMILES string of the molecule is CC1(C)c2ccccc2[C@H]2OC(c3ccccc3F)=N[C@H]21. The molecule has 1 heterocycles. The Morgan fingerprint density at radius 3 is 2.57 bits per heavy atom. The maximum atomic E-state index is 13.9. The fraction of sp³-hybridized carbons (Fsp3) is 0.278. The second-order valence-electron chi connectivity index (χ2n) is 6.21. The third kappa shape index (κ3) is 1.67. The third-order valence-electron chi connectivity index (χ3n) is 4.59. The zero-order valence-electron chi connectivity index (χ0n) is 12.0. The largest absolute Gasteiger partial charge is 0.467 e. The quantitative estimate of drug-likeness (QED) is 0.774. The lowest BCUT2D eigenvalue weighted by atomic mass is 9.83. The monoisotopic (exact) mass is 281 g/mol. The molecule has 0 radical (unpaired) electrons. The number of ether oxygens (including phenoxy) is 1. The molecule has 0 unspecified atom stereocenters. The van der Waals surface area contributed by atoms with E-state index in [0.29, 0.717) is 11.5 Å². The number of nitrogens with zero attached hydrogens (tertiary/aromatic N) is 1. The highest BCUT2D eigenvalue weighted by Gasteiger charge is 2.51. The molecular weight excluding hydrogens is 265 g/mol. The van der Waals surface area contributed by atoms with Crippen LogP contribution in [0.4, 0.5) is 4.39 Å². The van der Waals surface area contributed by atoms with Crippen LogP contribution in [0.25, 0.3) is 0 Å². The first-order valence-electron chi connectivity index (χ1n) is 7.18. The Bertz CT molecular complexity index is 750. The third-order valence-corrected chi connectivity index (χ3v) is 4.59. The summed E-state index contributed by atoms with van der Waals surface area (Å²) < 4.78 is 20.0. The number of fused-ring (bicyclic) bond motifs is 3. The van der Waals surface area contributed by atoms with Crippen LogP contribution in [0.1, 0.15) is 36.6 Å². The fourth-order valence-corrected chi connectivity index (χ4v) is 3.44. The molecule has 0 fully saturated rings. The first-order valence-corrected chi connectivity index (χ1v) is 7.18. The minimum atomic E-state index is -0.290. The molecular formula is C18H16FNO. The van der Waals surface area contributed by atoms with E-state index in [1.54, 1.807) is 18.2 Å². The normalized spacial score (nSPS) is 25.0. The molecule has 0 aromatic heterocycles. The van der Waals surface area contributed by atoms with Gasteiger partial charge in [0.25, 0.3) is 0 Å². The maximum Gasteiger partial charge on any atom is 0.220 e. The van der Waals surface area contributed by atoms with Gasteiger partial charge in [-0.15, -0.1) is 0 Å². The summed E-state index contributed by atoms with van der Waals surface area (Å²) in [6.07, 6.45) is -0.106. The molecule has 1 aliphatic carbocycles. The molecule has 0 amide bonds. The van der Waals surface area contributed by atoms with Crippen LogP contribution >= 0.6 is 0 Å². The number of rotatable bonds is 1. The minimum Gasteiger partial charge on any atom is -0.467 e. The van der Waals surface area contributed by atoms with Crippen molar-refractivity contribution in [3.63, 3.8) is 0 Å². The van der Waals surface area contributed by atoms with E-state index in [1.165, 1.54) is 17.2 Å². The van der Waals surface area contributed by atoms with Gasteiger partial charge >= 0.3 is 0 Å². The van der Waals surface area contributed by atoms with Gasteiger partial charge in [0.2, 0.25) is 5.90 Å². The van der Waals surface area contributed by atoms with E-state index >= 15 is 0 Å². The Hall–Kier alpha value is -2.16. The number of benzene rings is 2. The Labute approximate surface area is 123 Å². The lowest BCUT2D eigenvalue weighted by molar-refractivity contribution is 0.186. The van der Waals surface area contributed by atoms with E-state index < -0.39 is 0 Å². The van der Waals surface area contributed by atoms with Gasteiger partial charge in [0.05, 0.1) is 5.56 Å². The second kappa shape index (κ2) is 4.17. The van der Waals surface area contributed by atoms with E-state index in [4.69, 9.17) is 9.73 Å². The van der Waals surface area contributed by atoms with E-state index in [9.17, 15) is 4.39 Å². The fourth-order valence-electron chi connectivity index (χ4n) is 3.44. The van der Waals surface area contributed by atoms with Crippen molar-refractivity contribution in [2.45, 2.75) is 31.4 Å². The summed E-state index contributed by atoms with van der Waals surface area (Å²) in [5.41, 5.74) is 2.79. The van der Waals surface area contributed by atoms with Crippen LogP contribution in [0.3, 0.4) is 0 Å². The van der Waals surface area contributed by atoms with Crippen LogP contribution in [-0.4, -0.2) is 11.9 Å². The van der Waals surface area contributed by atoms with Crippen molar-refractivity contribution in [2.75, 3.05) is 0 Å². The molecule has 0 spiro atoms. The van der Waals surface area contributed by atoms with Gasteiger partial charge in [-0.05, 0) is 23.3 Å². The summed E-state index contributed by atoms with van der Waals surface area (Å²) in [4.78, 5) is 4.70. The second-order valence-corrected chi connectivity index (χ2v) is 6.21. The Kier molecular flexibility index (Phi) is 2.49. The highest BCUT2D eigenvalue weighted by atomic mass is 19.1. The van der Waals surface area contributed by atoms with Crippen LogP contribution in [0.15, 0.2) is 53.5 Å². The number of halogens is 1. The average molecular weight is 281 g/mol. The molecule has 106 valence electrons. The van der Waals surface area contributed by atoms with Crippen LogP contribution in [0, 0.1) is 5.82 Å². The Morgan fingerprint density at radius 2 is 1.76 bits per heavy atom. The molecule has 2 aliphatic rings. The summed E-state index contributed by atoms with van der Waals surface area (Å²) in [7, 11) is 0. The van der Waals surface area contributed by atoms with Gasteiger partial charge in [-0.3, -0.25) is 0 Å². The summed E-state index contributed by atoms with van der Waals surface area (Å²) >= 11 is 0. The number of hydrogen-bond donors (Lipinski definition) is 0. The summed E-state index contributed by atoms with van der Waals surface area (Å²) in [5.74, 6) is 0.132. The minimum absolute atomic E-state index is 0.00417. The van der Waals surface area contributed by atoms with Crippen molar-refractivity contribution in [2.24, 2.45) is 4.99 Å². The molecule has 2 nitrogen and oxygen atoms in total. The maximum absolute atomic E-state index is 13.9. The molecule has 2 atom stereocenters. The molecule has 0 saturated heterocycles. The van der Waals surface area contributed by atoms with Gasteiger partial charge in [-0.1, -0.05) is 50.2 Å². The molecule has 0 N–H and O–H groups in total. The van der Waals surface area contributed by atoms with Crippen molar-refractivity contribution >= 4 is 5.90 Å². The summed E-state index contributed by atoms with van der Waals surface area (Å²) in [6, 6.07) is 14.9. The zero-order valence-corrected chi connectivity index (χ0v) is 12.0. The van der Waals surface area contributed by atoms with E-state index in [0.717, 1.165) is 0 Å². The van der Waals surface area contributed by atoms with Gasteiger partial charge in [0.1, 0.15) is 18.0 Å². The van der Waals surface area contributed by atoms with Gasteiger partial charge < -0.3 is 4.74 Å². The summed E-state index contributed by atoms with van der Waals surface area (Å²) in [6.45, 7) is 4.35. The van der Waals surface area contributed by atoms with Crippen LogP contribution in [0.5, 0.6) is 0 Å². The Balaban J connectivity index is 1.80. The predicted molar refractivity (Wildman–Crippen MR) is 80.0 cm³/mol. The lowest BCUT2D eigenvalue weighted by Gasteiger charge is -2.23. The molecule has 2 aromatic carbocycles. The van der Waals surface area contributed by atoms with Gasteiger partial charge in [-0.25, -0.2) is 9.38 Å². The smallest absolute Gasteiger partial charge is 0.220 e. The molecule has 0 bridgehead atoms. The van der Waals surface area contributed by atoms with Crippen molar-refractivity contribution in [3.05, 3.63) is 71.0 Å². The molecule has 21 heavy (non-hydrogen) atoms. The first kappa shape index (κ1) is 12.6. The molecule has 3 heteroatoms. The molecule has 0 saturated carbocycles. The van der Waals surface area contributed by atoms with Crippen molar-refractivity contribution in [1.82, 2.24) is 0 Å². The first-order chi connectivity index (χ1) is 10.1. The highest BCUT2D eigenvalue weighted by Crippen LogP contribution is 2.51. The van der Waals surface area contributed by atoms with E-state index in [-0.39, 0.29) is 23.4 Å². The van der Waals surface area contributed by atoms with Crippen molar-refractivity contribution in [3.8, 4) is 0 Å². The van der Waals surface area contributed by atoms with Gasteiger partial charge in [0, 0.05) is 5.41 Å². The lowest BCUT2D eigenvalue weighted by Crippen LogP contribution is -2.27. The Morgan fingerprint density at radius 1 is 1.05 bits per heavy atom. The van der Waals surface area contributed by atoms with Crippen molar-refractivity contribution < 1.29 is 9.13 Å². The average Bonchev–Trinajstić information content (AvgIpc) is 3.00. The van der Waals surface area contributed by atoms with Gasteiger partial charge in [-0.2, -0.15) is 0 Å². The van der Waals surface area contributed by atoms with Crippen LogP contribution < -0.4 is 0 Å². The molecule has 2 aromatic rings. The highest BCUT2D eigenvalue weighted by molar-refractivity contribution is 5.96. The predicted octanol–water partition coefficient (Wildman–Crippen LogP) is 4.00. The molecule has 4 rings (SSSR count). The topological polar surface area (TPSA) is 21.6 Å². The zero-order chi connectivity index (χ0) is 14.6. The van der Waals surface area contributed by atoms with Crippen LogP contribution in [0.2, 0.25) is 0 Å². The summed E-state index contributed by atoms with van der Waals surface area (Å²) in [5, 5.41) is 0.